The van der Waals surface area contributed by atoms with Crippen molar-refractivity contribution in [2.75, 3.05) is 18.9 Å². The summed E-state index contributed by atoms with van der Waals surface area (Å²) in [5.41, 5.74) is 4.94. The van der Waals surface area contributed by atoms with Crippen LogP contribution in [0.4, 0.5) is 5.69 Å². The predicted octanol–water partition coefficient (Wildman–Crippen LogP) is 5.87. The molecule has 0 atom stereocenters. The average molecular weight is 492 g/mol. The molecule has 3 aromatic carbocycles. The van der Waals surface area contributed by atoms with E-state index in [1.165, 1.54) is 5.56 Å². The molecule has 0 saturated carbocycles. The summed E-state index contributed by atoms with van der Waals surface area (Å²) >= 11 is 11.7. The summed E-state index contributed by atoms with van der Waals surface area (Å²) in [7, 11) is 1.86. The van der Waals surface area contributed by atoms with Crippen molar-refractivity contribution >= 4 is 35.4 Å². The number of aromatic nitrogens is 3. The minimum Gasteiger partial charge on any atom is -0.325 e. The molecule has 1 aromatic heterocycles. The number of nitrogens with one attached hydrogen (secondary N) is 1. The second kappa shape index (κ2) is 10.3. The quantitative estimate of drug-likeness (QED) is 0.328. The summed E-state index contributed by atoms with van der Waals surface area (Å²) in [6, 6.07) is 23.4. The Hall–Kier alpha value is -3.26. The molecule has 4 aromatic rings. The van der Waals surface area contributed by atoms with Gasteiger partial charge in [0.2, 0.25) is 10.7 Å². The Balaban J connectivity index is 1.59. The van der Waals surface area contributed by atoms with Gasteiger partial charge < -0.3 is 5.32 Å². The molecule has 0 bridgehead atoms. The third kappa shape index (κ3) is 5.62. The highest BCUT2D eigenvalue weighted by atomic mass is 35.5. The van der Waals surface area contributed by atoms with E-state index in [1.54, 1.807) is 28.9 Å². The van der Waals surface area contributed by atoms with Gasteiger partial charge in [-0.15, -0.1) is 5.10 Å². The largest absolute Gasteiger partial charge is 0.325 e. The van der Waals surface area contributed by atoms with E-state index in [4.69, 9.17) is 28.9 Å². The lowest BCUT2D eigenvalue weighted by atomic mass is 10.1. The van der Waals surface area contributed by atoms with Gasteiger partial charge in [0.25, 0.3) is 0 Å². The molecule has 6 nitrogen and oxygen atoms in total. The average Bonchev–Trinajstić information content (AvgIpc) is 3.11. The lowest BCUT2D eigenvalue weighted by molar-refractivity contribution is -0.117. The number of carbonyl (C=O) groups is 1. The molecule has 1 heterocycles. The highest BCUT2D eigenvalue weighted by molar-refractivity contribution is 7.71. The molecule has 8 heteroatoms. The van der Waals surface area contributed by atoms with E-state index in [2.05, 4.69) is 43.4 Å². The van der Waals surface area contributed by atoms with Gasteiger partial charge in [0.1, 0.15) is 0 Å². The number of benzene rings is 3. The fraction of sp³-hybridized carbons (Fsp3) is 0.192. The van der Waals surface area contributed by atoms with Crippen molar-refractivity contribution in [2.45, 2.75) is 20.5 Å². The molecule has 4 rings (SSSR count). The Labute approximate surface area is 209 Å². The van der Waals surface area contributed by atoms with Crippen LogP contribution in [0, 0.1) is 18.6 Å². The monoisotopic (exact) mass is 491 g/mol. The number of amides is 1. The Morgan fingerprint density at radius 2 is 1.74 bits per heavy atom. The van der Waals surface area contributed by atoms with Crippen LogP contribution in [0.1, 0.15) is 11.1 Å². The van der Waals surface area contributed by atoms with Crippen molar-refractivity contribution in [1.29, 1.82) is 0 Å². The number of halogens is 1. The number of carbonyl (C=O) groups excluding carboxylic acids is 1. The second-order valence-corrected chi connectivity index (χ2v) is 9.16. The molecule has 0 aliphatic heterocycles. The zero-order valence-electron chi connectivity index (χ0n) is 19.3. The van der Waals surface area contributed by atoms with Gasteiger partial charge in [-0.3, -0.25) is 14.3 Å². The summed E-state index contributed by atoms with van der Waals surface area (Å²) in [5, 5.41) is 8.35. The van der Waals surface area contributed by atoms with Crippen LogP contribution in [0.5, 0.6) is 0 Å². The number of hydrogen-bond acceptors (Lipinski definition) is 4. The lowest BCUT2D eigenvalue weighted by Gasteiger charge is -2.16. The molecule has 0 aliphatic carbocycles. The minimum atomic E-state index is -0.131. The fourth-order valence-electron chi connectivity index (χ4n) is 3.66. The molecule has 0 radical (unpaired) electrons. The number of rotatable bonds is 7. The van der Waals surface area contributed by atoms with Gasteiger partial charge in [-0.05, 0) is 75.6 Å². The fourth-order valence-corrected chi connectivity index (χ4v) is 4.07. The first-order valence-corrected chi connectivity index (χ1v) is 11.7. The van der Waals surface area contributed by atoms with Crippen LogP contribution in [0.25, 0.3) is 17.1 Å². The number of aryl methyl sites for hydroxylation is 2. The van der Waals surface area contributed by atoms with Crippen LogP contribution < -0.4 is 5.32 Å². The Morgan fingerprint density at radius 1 is 1.03 bits per heavy atom. The summed E-state index contributed by atoms with van der Waals surface area (Å²) in [5.74, 6) is 0.629. The zero-order chi connectivity index (χ0) is 24.2. The van der Waals surface area contributed by atoms with Gasteiger partial charge >= 0.3 is 0 Å². The van der Waals surface area contributed by atoms with Gasteiger partial charge in [-0.2, -0.15) is 0 Å². The van der Waals surface area contributed by atoms with Crippen molar-refractivity contribution in [1.82, 2.24) is 19.2 Å². The van der Waals surface area contributed by atoms with Crippen LogP contribution in [0.2, 0.25) is 5.02 Å². The van der Waals surface area contributed by atoms with Gasteiger partial charge in [0, 0.05) is 22.0 Å². The van der Waals surface area contributed by atoms with Crippen molar-refractivity contribution in [3.63, 3.8) is 0 Å². The van der Waals surface area contributed by atoms with Gasteiger partial charge in [-0.25, -0.2) is 4.68 Å². The van der Waals surface area contributed by atoms with Crippen LogP contribution in [0.3, 0.4) is 0 Å². The van der Waals surface area contributed by atoms with Crippen LogP contribution in [-0.4, -0.2) is 38.7 Å². The summed E-state index contributed by atoms with van der Waals surface area (Å²) < 4.78 is 4.29. The number of likely N-dealkylation sites (N-methyl/N-ethyl adjacent to an activating group) is 1. The molecule has 1 amide bonds. The van der Waals surface area contributed by atoms with E-state index in [9.17, 15) is 4.79 Å². The molecule has 0 saturated heterocycles. The maximum absolute atomic E-state index is 12.5. The Kier molecular flexibility index (Phi) is 7.26. The highest BCUT2D eigenvalue weighted by Gasteiger charge is 2.16. The molecule has 0 unspecified atom stereocenters. The molecule has 0 fully saturated rings. The minimum absolute atomic E-state index is 0.131. The van der Waals surface area contributed by atoms with E-state index in [0.29, 0.717) is 22.1 Å². The van der Waals surface area contributed by atoms with Crippen molar-refractivity contribution in [3.8, 4) is 17.1 Å². The van der Waals surface area contributed by atoms with E-state index < -0.39 is 0 Å². The van der Waals surface area contributed by atoms with Crippen LogP contribution in [0.15, 0.2) is 72.8 Å². The van der Waals surface area contributed by atoms with E-state index in [-0.39, 0.29) is 12.5 Å². The molecule has 1 N–H and O–H groups in total. The van der Waals surface area contributed by atoms with Gasteiger partial charge in [-0.1, -0.05) is 53.1 Å². The molecule has 0 spiro atoms. The Morgan fingerprint density at radius 3 is 2.41 bits per heavy atom. The van der Waals surface area contributed by atoms with Crippen molar-refractivity contribution < 1.29 is 4.79 Å². The third-order valence-electron chi connectivity index (χ3n) is 5.32. The highest BCUT2D eigenvalue weighted by Crippen LogP contribution is 2.24. The topological polar surface area (TPSA) is 55.1 Å². The maximum atomic E-state index is 12.5. The SMILES string of the molecule is Cc1ccc(-n2c(-c3cccc(C)c3)nn(CN(C)CC(=O)Nc3ccc(Cl)cc3)c2=S)cc1. The summed E-state index contributed by atoms with van der Waals surface area (Å²) in [6.45, 7) is 4.66. The molecular formula is C26H26ClN5OS. The lowest BCUT2D eigenvalue weighted by Crippen LogP contribution is -2.32. The van der Waals surface area contributed by atoms with Crippen molar-refractivity contribution in [2.24, 2.45) is 0 Å². The first-order valence-electron chi connectivity index (χ1n) is 10.9. The normalized spacial score (nSPS) is 11.1. The smallest absolute Gasteiger partial charge is 0.238 e. The first-order chi connectivity index (χ1) is 16.3. The van der Waals surface area contributed by atoms with E-state index in [1.807, 2.05) is 40.8 Å². The molecule has 0 aliphatic rings. The van der Waals surface area contributed by atoms with Crippen LogP contribution >= 0.6 is 23.8 Å². The molecule has 174 valence electrons. The third-order valence-corrected chi connectivity index (χ3v) is 5.97. The van der Waals surface area contributed by atoms with Crippen molar-refractivity contribution in [3.05, 3.63) is 93.7 Å². The van der Waals surface area contributed by atoms with E-state index >= 15 is 0 Å². The van der Waals surface area contributed by atoms with Gasteiger partial charge in [0.15, 0.2) is 5.82 Å². The van der Waals surface area contributed by atoms with E-state index in [0.717, 1.165) is 22.6 Å². The van der Waals surface area contributed by atoms with Gasteiger partial charge in [0.05, 0.1) is 13.2 Å². The molecular weight excluding hydrogens is 466 g/mol. The molecule has 34 heavy (non-hydrogen) atoms. The standard InChI is InChI=1S/C26H26ClN5OS/c1-18-7-13-23(14-8-18)32-25(20-6-4-5-19(2)15-20)29-31(26(32)34)17-30(3)16-24(33)28-22-11-9-21(27)10-12-22/h4-15H,16-17H2,1-3H3,(H,28,33). The maximum Gasteiger partial charge on any atom is 0.238 e. The predicted molar refractivity (Wildman–Crippen MR) is 140 cm³/mol. The first kappa shape index (κ1) is 23.9. The summed E-state index contributed by atoms with van der Waals surface area (Å²) in [6.07, 6.45) is 0. The number of hydrogen-bond donors (Lipinski definition) is 1. The Bertz CT molecular complexity index is 1360. The summed E-state index contributed by atoms with van der Waals surface area (Å²) in [4.78, 5) is 14.4. The van der Waals surface area contributed by atoms with Crippen LogP contribution in [-0.2, 0) is 11.5 Å². The second-order valence-electron chi connectivity index (χ2n) is 8.36. The number of anilines is 1. The number of nitrogens with zero attached hydrogens (tertiary/aromatic N) is 4. The zero-order valence-corrected chi connectivity index (χ0v) is 20.9.